The molecule has 0 spiro atoms. The van der Waals surface area contributed by atoms with Crippen molar-refractivity contribution < 1.29 is 22.6 Å². The Kier molecular flexibility index (Phi) is 10.7. The summed E-state index contributed by atoms with van der Waals surface area (Å²) in [4.78, 5) is 8.26. The Hall–Kier alpha value is -2.24. The van der Waals surface area contributed by atoms with Crippen LogP contribution in [0.25, 0.3) is 0 Å². The van der Waals surface area contributed by atoms with Crippen LogP contribution in [0.15, 0.2) is 41.5 Å². The molecular formula is C20H26F3IN4O2. The number of aromatic nitrogens is 1. The number of aryl methyl sites for hydroxylation is 1. The number of nitrogens with zero attached hydrogens (tertiary/aromatic N) is 2. The first-order valence-corrected chi connectivity index (χ1v) is 9.11. The molecule has 30 heavy (non-hydrogen) atoms. The molecule has 0 radical (unpaired) electrons. The van der Waals surface area contributed by atoms with Gasteiger partial charge in [0.05, 0.1) is 13.7 Å². The molecule has 1 aromatic heterocycles. The van der Waals surface area contributed by atoms with E-state index in [4.69, 9.17) is 4.74 Å². The smallest absolute Gasteiger partial charge is 0.422 e. The zero-order valence-electron chi connectivity index (χ0n) is 17.0. The fourth-order valence-corrected chi connectivity index (χ4v) is 2.47. The Balaban J connectivity index is 0.00000450. The molecule has 0 fully saturated rings. The van der Waals surface area contributed by atoms with Gasteiger partial charge in [-0.1, -0.05) is 12.1 Å². The van der Waals surface area contributed by atoms with Gasteiger partial charge in [-0.15, -0.1) is 24.0 Å². The van der Waals surface area contributed by atoms with Crippen LogP contribution in [-0.4, -0.2) is 37.4 Å². The van der Waals surface area contributed by atoms with Crippen LogP contribution in [0.2, 0.25) is 0 Å². The van der Waals surface area contributed by atoms with Gasteiger partial charge in [-0.05, 0) is 37.1 Å². The summed E-state index contributed by atoms with van der Waals surface area (Å²) in [6.45, 7) is 3.98. The summed E-state index contributed by atoms with van der Waals surface area (Å²) in [6, 6.07) is 9.07. The van der Waals surface area contributed by atoms with Crippen molar-refractivity contribution in [2.45, 2.75) is 33.1 Å². The number of methoxy groups -OCH3 is 1. The predicted molar refractivity (Wildman–Crippen MR) is 121 cm³/mol. The topological polar surface area (TPSA) is 67.8 Å². The summed E-state index contributed by atoms with van der Waals surface area (Å²) >= 11 is 0. The van der Waals surface area contributed by atoms with Gasteiger partial charge in [-0.2, -0.15) is 13.2 Å². The van der Waals surface area contributed by atoms with Crippen molar-refractivity contribution in [2.75, 3.05) is 20.3 Å². The number of pyridine rings is 1. The molecule has 0 aliphatic heterocycles. The van der Waals surface area contributed by atoms with E-state index in [1.165, 1.54) is 12.3 Å². The molecule has 6 nitrogen and oxygen atoms in total. The minimum atomic E-state index is -4.41. The number of nitrogens with one attached hydrogen (secondary N) is 2. The average molecular weight is 538 g/mol. The molecular weight excluding hydrogens is 512 g/mol. The largest absolute Gasteiger partial charge is 0.496 e. The second kappa shape index (κ2) is 12.5. The second-order valence-electron chi connectivity index (χ2n) is 6.27. The van der Waals surface area contributed by atoms with E-state index in [1.807, 2.05) is 32.0 Å². The first-order chi connectivity index (χ1) is 13.8. The number of guanidine groups is 1. The molecule has 166 valence electrons. The van der Waals surface area contributed by atoms with Gasteiger partial charge in [0.25, 0.3) is 0 Å². The van der Waals surface area contributed by atoms with Gasteiger partial charge in [0, 0.05) is 30.9 Å². The number of hydrogen-bond donors (Lipinski definition) is 2. The maximum atomic E-state index is 12.3. The first-order valence-electron chi connectivity index (χ1n) is 9.11. The number of aliphatic imine (C=N–C) groups is 1. The van der Waals surface area contributed by atoms with Gasteiger partial charge in [-0.25, -0.2) is 9.98 Å². The number of hydrogen-bond acceptors (Lipinski definition) is 4. The molecule has 0 atom stereocenters. The van der Waals surface area contributed by atoms with Crippen LogP contribution in [0.4, 0.5) is 13.2 Å². The molecule has 0 saturated heterocycles. The summed E-state index contributed by atoms with van der Waals surface area (Å²) in [5.41, 5.74) is 2.77. The summed E-state index contributed by atoms with van der Waals surface area (Å²) in [7, 11) is 1.62. The molecule has 0 amide bonds. The third-order valence-corrected chi connectivity index (χ3v) is 3.84. The molecule has 2 N–H and O–H groups in total. The summed E-state index contributed by atoms with van der Waals surface area (Å²) < 4.78 is 46.9. The Bertz CT molecular complexity index is 832. The minimum Gasteiger partial charge on any atom is -0.496 e. The highest BCUT2D eigenvalue weighted by Gasteiger charge is 2.28. The number of ether oxygens (including phenoxy) is 2. The Labute approximate surface area is 191 Å². The second-order valence-corrected chi connectivity index (χ2v) is 6.27. The van der Waals surface area contributed by atoms with E-state index in [1.54, 1.807) is 13.2 Å². The lowest BCUT2D eigenvalue weighted by atomic mass is 10.1. The van der Waals surface area contributed by atoms with Gasteiger partial charge in [-0.3, -0.25) is 0 Å². The van der Waals surface area contributed by atoms with E-state index in [9.17, 15) is 13.2 Å². The van der Waals surface area contributed by atoms with Gasteiger partial charge in [0.2, 0.25) is 5.88 Å². The molecule has 0 unspecified atom stereocenters. The minimum absolute atomic E-state index is 0. The van der Waals surface area contributed by atoms with Crippen LogP contribution in [0.5, 0.6) is 11.6 Å². The van der Waals surface area contributed by atoms with E-state index in [0.29, 0.717) is 24.6 Å². The highest BCUT2D eigenvalue weighted by molar-refractivity contribution is 14.0. The van der Waals surface area contributed by atoms with Gasteiger partial charge < -0.3 is 20.1 Å². The molecule has 2 aromatic rings. The average Bonchev–Trinajstić information content (AvgIpc) is 2.69. The van der Waals surface area contributed by atoms with E-state index in [0.717, 1.165) is 16.9 Å². The molecule has 0 aliphatic rings. The first kappa shape index (κ1) is 25.8. The zero-order valence-corrected chi connectivity index (χ0v) is 19.4. The van der Waals surface area contributed by atoms with E-state index in [-0.39, 0.29) is 36.4 Å². The maximum Gasteiger partial charge on any atom is 0.422 e. The van der Waals surface area contributed by atoms with Crippen molar-refractivity contribution in [2.24, 2.45) is 4.99 Å². The SMILES string of the molecule is CCNC(=NCc1ccnc(OCC(F)(F)F)c1)NCc1ccc(C)cc1OC.I. The highest BCUT2D eigenvalue weighted by atomic mass is 127. The number of benzene rings is 1. The highest BCUT2D eigenvalue weighted by Crippen LogP contribution is 2.20. The number of halogens is 4. The van der Waals surface area contributed by atoms with E-state index in [2.05, 4.69) is 25.3 Å². The lowest BCUT2D eigenvalue weighted by molar-refractivity contribution is -0.154. The van der Waals surface area contributed by atoms with Crippen molar-refractivity contribution in [1.29, 1.82) is 0 Å². The van der Waals surface area contributed by atoms with Crippen molar-refractivity contribution in [3.05, 3.63) is 53.2 Å². The third-order valence-electron chi connectivity index (χ3n) is 3.84. The number of alkyl halides is 3. The monoisotopic (exact) mass is 538 g/mol. The molecule has 0 saturated carbocycles. The predicted octanol–water partition coefficient (Wildman–Crippen LogP) is 4.21. The standard InChI is InChI=1S/C20H25F3N4O2.HI/c1-4-24-19(27-12-16-6-5-14(2)9-17(16)28-3)26-11-15-7-8-25-18(10-15)29-13-20(21,22)23;/h5-10H,4,11-13H2,1-3H3,(H2,24,26,27);1H. The molecule has 0 aliphatic carbocycles. The van der Waals surface area contributed by atoms with Crippen LogP contribution in [-0.2, 0) is 13.1 Å². The molecule has 10 heteroatoms. The van der Waals surface area contributed by atoms with Gasteiger partial charge in [0.1, 0.15) is 5.75 Å². The Morgan fingerprint density at radius 3 is 2.60 bits per heavy atom. The quantitative estimate of drug-likeness (QED) is 0.300. The molecule has 1 aromatic carbocycles. The molecule has 1 heterocycles. The summed E-state index contributed by atoms with van der Waals surface area (Å²) in [5.74, 6) is 1.27. The maximum absolute atomic E-state index is 12.3. The van der Waals surface area contributed by atoms with Gasteiger partial charge in [0.15, 0.2) is 12.6 Å². The summed E-state index contributed by atoms with van der Waals surface area (Å²) in [5, 5.41) is 6.36. The Morgan fingerprint density at radius 1 is 1.17 bits per heavy atom. The van der Waals surface area contributed by atoms with Crippen LogP contribution in [0.1, 0.15) is 23.6 Å². The van der Waals surface area contributed by atoms with E-state index < -0.39 is 12.8 Å². The fourth-order valence-electron chi connectivity index (χ4n) is 2.47. The van der Waals surface area contributed by atoms with E-state index >= 15 is 0 Å². The number of rotatable bonds is 8. The van der Waals surface area contributed by atoms with Crippen molar-refractivity contribution in [3.8, 4) is 11.6 Å². The zero-order chi connectivity index (χ0) is 21.3. The van der Waals surface area contributed by atoms with Crippen molar-refractivity contribution in [3.63, 3.8) is 0 Å². The lowest BCUT2D eigenvalue weighted by Gasteiger charge is -2.14. The normalized spacial score (nSPS) is 11.5. The third kappa shape index (κ3) is 9.06. The van der Waals surface area contributed by atoms with Crippen molar-refractivity contribution in [1.82, 2.24) is 15.6 Å². The van der Waals surface area contributed by atoms with Crippen LogP contribution in [0, 0.1) is 6.92 Å². The van der Waals surface area contributed by atoms with Crippen molar-refractivity contribution >= 4 is 29.9 Å². The van der Waals surface area contributed by atoms with Crippen LogP contribution < -0.4 is 20.1 Å². The van der Waals surface area contributed by atoms with Crippen LogP contribution in [0.3, 0.4) is 0 Å². The lowest BCUT2D eigenvalue weighted by Crippen LogP contribution is -2.36. The summed E-state index contributed by atoms with van der Waals surface area (Å²) in [6.07, 6.45) is -3.01. The Morgan fingerprint density at radius 2 is 1.93 bits per heavy atom. The molecule has 2 rings (SSSR count). The fraction of sp³-hybridized carbons (Fsp3) is 0.400. The van der Waals surface area contributed by atoms with Crippen LogP contribution >= 0.6 is 24.0 Å². The van der Waals surface area contributed by atoms with Gasteiger partial charge >= 0.3 is 6.18 Å². The molecule has 0 bridgehead atoms.